The van der Waals surface area contributed by atoms with Crippen molar-refractivity contribution in [2.45, 2.75) is 26.3 Å². The third-order valence-electron chi connectivity index (χ3n) is 3.02. The zero-order valence-corrected chi connectivity index (χ0v) is 10.5. The van der Waals surface area contributed by atoms with Gasteiger partial charge in [0, 0.05) is 29.9 Å². The molecule has 0 bridgehead atoms. The molecule has 0 aliphatic rings. The van der Waals surface area contributed by atoms with Crippen LogP contribution in [0.3, 0.4) is 0 Å². The standard InChI is InChI=1S/C14H18N2O/c1-10-5-4-6-16-13(10)8-14(15-3)12-7-11(2)17-9-12/h4-7,9,14-15H,8H2,1-3H3. The van der Waals surface area contributed by atoms with Gasteiger partial charge < -0.3 is 9.73 Å². The van der Waals surface area contributed by atoms with Gasteiger partial charge in [0.1, 0.15) is 5.76 Å². The largest absolute Gasteiger partial charge is 0.469 e. The van der Waals surface area contributed by atoms with Gasteiger partial charge in [0.25, 0.3) is 0 Å². The van der Waals surface area contributed by atoms with Crippen LogP contribution in [0.4, 0.5) is 0 Å². The molecule has 0 aromatic carbocycles. The second-order valence-electron chi connectivity index (χ2n) is 4.30. The summed E-state index contributed by atoms with van der Waals surface area (Å²) in [7, 11) is 1.96. The van der Waals surface area contributed by atoms with Gasteiger partial charge in [-0.1, -0.05) is 6.07 Å². The minimum absolute atomic E-state index is 0.251. The van der Waals surface area contributed by atoms with Crippen LogP contribution in [0.1, 0.15) is 28.6 Å². The molecule has 90 valence electrons. The Morgan fingerprint density at radius 1 is 1.41 bits per heavy atom. The highest BCUT2D eigenvalue weighted by Crippen LogP contribution is 2.20. The van der Waals surface area contributed by atoms with Gasteiger partial charge in [0.2, 0.25) is 0 Å². The van der Waals surface area contributed by atoms with Gasteiger partial charge in [-0.3, -0.25) is 4.98 Å². The Morgan fingerprint density at radius 3 is 2.82 bits per heavy atom. The van der Waals surface area contributed by atoms with Crippen LogP contribution in [0.2, 0.25) is 0 Å². The molecule has 2 aromatic heterocycles. The molecule has 0 saturated heterocycles. The Kier molecular flexibility index (Phi) is 3.59. The Morgan fingerprint density at radius 2 is 2.24 bits per heavy atom. The number of aromatic nitrogens is 1. The Balaban J connectivity index is 2.18. The number of nitrogens with zero attached hydrogens (tertiary/aromatic N) is 1. The van der Waals surface area contributed by atoms with E-state index < -0.39 is 0 Å². The molecule has 17 heavy (non-hydrogen) atoms. The highest BCUT2D eigenvalue weighted by molar-refractivity contribution is 5.23. The van der Waals surface area contributed by atoms with Crippen LogP contribution in [0.25, 0.3) is 0 Å². The van der Waals surface area contributed by atoms with E-state index in [0.717, 1.165) is 17.9 Å². The summed E-state index contributed by atoms with van der Waals surface area (Å²) in [4.78, 5) is 4.43. The van der Waals surface area contributed by atoms with Gasteiger partial charge in [0.05, 0.1) is 6.26 Å². The van der Waals surface area contributed by atoms with Crippen LogP contribution in [-0.4, -0.2) is 12.0 Å². The summed E-state index contributed by atoms with van der Waals surface area (Å²) in [6.45, 7) is 4.05. The monoisotopic (exact) mass is 230 g/mol. The molecule has 3 heteroatoms. The first-order chi connectivity index (χ1) is 8.20. The lowest BCUT2D eigenvalue weighted by Gasteiger charge is -2.14. The van der Waals surface area contributed by atoms with E-state index in [-0.39, 0.29) is 6.04 Å². The number of nitrogens with one attached hydrogen (secondary N) is 1. The maximum atomic E-state index is 5.35. The quantitative estimate of drug-likeness (QED) is 0.877. The molecule has 0 saturated carbocycles. The van der Waals surface area contributed by atoms with Crippen LogP contribution < -0.4 is 5.32 Å². The summed E-state index contributed by atoms with van der Waals surface area (Å²) in [6.07, 6.45) is 4.53. The fourth-order valence-electron chi connectivity index (χ4n) is 1.96. The van der Waals surface area contributed by atoms with E-state index in [1.165, 1.54) is 11.1 Å². The zero-order chi connectivity index (χ0) is 12.3. The number of aryl methyl sites for hydroxylation is 2. The van der Waals surface area contributed by atoms with Crippen molar-refractivity contribution in [2.24, 2.45) is 0 Å². The molecule has 0 aliphatic heterocycles. The van der Waals surface area contributed by atoms with Gasteiger partial charge in [-0.2, -0.15) is 0 Å². The average molecular weight is 230 g/mol. The van der Waals surface area contributed by atoms with E-state index in [4.69, 9.17) is 4.42 Å². The summed E-state index contributed by atoms with van der Waals surface area (Å²) in [5.74, 6) is 0.943. The van der Waals surface area contributed by atoms with Crippen molar-refractivity contribution in [1.29, 1.82) is 0 Å². The van der Waals surface area contributed by atoms with Gasteiger partial charge >= 0.3 is 0 Å². The number of likely N-dealkylation sites (N-methyl/N-ethyl adjacent to an activating group) is 1. The van der Waals surface area contributed by atoms with Crippen molar-refractivity contribution in [2.75, 3.05) is 7.05 Å². The first kappa shape index (κ1) is 11.9. The summed E-state index contributed by atoms with van der Waals surface area (Å²) in [5.41, 5.74) is 3.54. The topological polar surface area (TPSA) is 38.1 Å². The van der Waals surface area contributed by atoms with Crippen molar-refractivity contribution in [3.8, 4) is 0 Å². The molecule has 3 nitrogen and oxygen atoms in total. The number of furan rings is 1. The lowest BCUT2D eigenvalue weighted by molar-refractivity contribution is 0.519. The van der Waals surface area contributed by atoms with Gasteiger partial charge in [-0.05, 0) is 38.6 Å². The maximum absolute atomic E-state index is 5.35. The van der Waals surface area contributed by atoms with E-state index in [1.54, 1.807) is 0 Å². The molecule has 1 atom stereocenters. The molecule has 0 radical (unpaired) electrons. The molecule has 0 amide bonds. The van der Waals surface area contributed by atoms with Crippen molar-refractivity contribution in [3.05, 3.63) is 53.2 Å². The molecule has 1 N–H and O–H groups in total. The highest BCUT2D eigenvalue weighted by Gasteiger charge is 2.14. The number of rotatable bonds is 4. The maximum Gasteiger partial charge on any atom is 0.101 e. The first-order valence-electron chi connectivity index (χ1n) is 5.83. The normalized spacial score (nSPS) is 12.6. The lowest BCUT2D eigenvalue weighted by Crippen LogP contribution is -2.19. The van der Waals surface area contributed by atoms with E-state index in [1.807, 2.05) is 32.5 Å². The molecule has 0 spiro atoms. The minimum Gasteiger partial charge on any atom is -0.469 e. The molecule has 2 aromatic rings. The summed E-state index contributed by atoms with van der Waals surface area (Å²) in [5, 5.41) is 3.31. The van der Waals surface area contributed by atoms with Gasteiger partial charge in [-0.15, -0.1) is 0 Å². The lowest BCUT2D eigenvalue weighted by atomic mass is 10.0. The van der Waals surface area contributed by atoms with Crippen LogP contribution in [0.5, 0.6) is 0 Å². The second-order valence-corrected chi connectivity index (χ2v) is 4.30. The average Bonchev–Trinajstić information content (AvgIpc) is 2.75. The first-order valence-corrected chi connectivity index (χ1v) is 5.83. The van der Waals surface area contributed by atoms with Crippen LogP contribution in [-0.2, 0) is 6.42 Å². The zero-order valence-electron chi connectivity index (χ0n) is 10.5. The van der Waals surface area contributed by atoms with Crippen LogP contribution in [0, 0.1) is 13.8 Å². The third kappa shape index (κ3) is 2.74. The molecular formula is C14H18N2O. The van der Waals surface area contributed by atoms with Gasteiger partial charge in [0.15, 0.2) is 0 Å². The second kappa shape index (κ2) is 5.15. The smallest absolute Gasteiger partial charge is 0.101 e. The van der Waals surface area contributed by atoms with Gasteiger partial charge in [-0.25, -0.2) is 0 Å². The highest BCUT2D eigenvalue weighted by atomic mass is 16.3. The molecule has 0 fully saturated rings. The van der Waals surface area contributed by atoms with Crippen molar-refractivity contribution in [3.63, 3.8) is 0 Å². The summed E-state index contributed by atoms with van der Waals surface area (Å²) in [6, 6.07) is 6.38. The molecule has 1 unspecified atom stereocenters. The molecule has 2 rings (SSSR count). The van der Waals surface area contributed by atoms with E-state index in [2.05, 4.69) is 29.4 Å². The van der Waals surface area contributed by atoms with Crippen molar-refractivity contribution >= 4 is 0 Å². The summed E-state index contributed by atoms with van der Waals surface area (Å²) < 4.78 is 5.35. The number of pyridine rings is 1. The van der Waals surface area contributed by atoms with Crippen LogP contribution >= 0.6 is 0 Å². The fraction of sp³-hybridized carbons (Fsp3) is 0.357. The predicted molar refractivity (Wildman–Crippen MR) is 67.9 cm³/mol. The Bertz CT molecular complexity index is 490. The van der Waals surface area contributed by atoms with E-state index in [9.17, 15) is 0 Å². The molecule has 0 aliphatic carbocycles. The SMILES string of the molecule is CNC(Cc1ncccc1C)c1coc(C)c1. The minimum atomic E-state index is 0.251. The Labute approximate surface area is 102 Å². The summed E-state index contributed by atoms with van der Waals surface area (Å²) >= 11 is 0. The van der Waals surface area contributed by atoms with E-state index >= 15 is 0 Å². The van der Waals surface area contributed by atoms with Crippen molar-refractivity contribution in [1.82, 2.24) is 10.3 Å². The molecular weight excluding hydrogens is 212 g/mol. The molecule has 2 heterocycles. The number of hydrogen-bond acceptors (Lipinski definition) is 3. The third-order valence-corrected chi connectivity index (χ3v) is 3.02. The predicted octanol–water partition coefficient (Wildman–Crippen LogP) is 2.79. The fourth-order valence-corrected chi connectivity index (χ4v) is 1.96. The van der Waals surface area contributed by atoms with Crippen LogP contribution in [0.15, 0.2) is 35.1 Å². The number of hydrogen-bond donors (Lipinski definition) is 1. The van der Waals surface area contributed by atoms with E-state index in [0.29, 0.717) is 0 Å². The Hall–Kier alpha value is -1.61. The van der Waals surface area contributed by atoms with Crippen molar-refractivity contribution < 1.29 is 4.42 Å².